The number of hydrogen-bond donors (Lipinski definition) is 2. The lowest BCUT2D eigenvalue weighted by Crippen LogP contribution is -2.12. The Morgan fingerprint density at radius 2 is 2.13 bits per heavy atom. The molecule has 0 radical (unpaired) electrons. The molecule has 0 aliphatic carbocycles. The van der Waals surface area contributed by atoms with Crippen LogP contribution in [-0.2, 0) is 9.53 Å². The lowest BCUT2D eigenvalue weighted by molar-refractivity contribution is -0.136. The monoisotopic (exact) mass is 216 g/mol. The van der Waals surface area contributed by atoms with Crippen LogP contribution in [0.3, 0.4) is 0 Å². The van der Waals surface area contributed by atoms with Gasteiger partial charge in [0.2, 0.25) is 0 Å². The summed E-state index contributed by atoms with van der Waals surface area (Å²) in [5, 5.41) is 18.3. The van der Waals surface area contributed by atoms with Gasteiger partial charge in [-0.15, -0.1) is 0 Å². The predicted octanol–water partition coefficient (Wildman–Crippen LogP) is 0.875. The molecule has 2 atom stereocenters. The van der Waals surface area contributed by atoms with Crippen LogP contribution in [0.4, 0.5) is 0 Å². The van der Waals surface area contributed by atoms with E-state index in [-0.39, 0.29) is 12.5 Å². The van der Waals surface area contributed by atoms with Gasteiger partial charge in [-0.3, -0.25) is 0 Å². The van der Waals surface area contributed by atoms with Crippen LogP contribution < -0.4 is 0 Å². The molecule has 0 aromatic carbocycles. The van der Waals surface area contributed by atoms with Crippen molar-refractivity contribution >= 4 is 5.97 Å². The summed E-state index contributed by atoms with van der Waals surface area (Å²) in [5.74, 6) is -0.199. The van der Waals surface area contributed by atoms with E-state index in [1.165, 1.54) is 13.2 Å². The van der Waals surface area contributed by atoms with E-state index < -0.39 is 12.1 Å². The van der Waals surface area contributed by atoms with E-state index in [4.69, 9.17) is 5.11 Å². The van der Waals surface area contributed by atoms with Gasteiger partial charge in [-0.05, 0) is 31.8 Å². The van der Waals surface area contributed by atoms with Gasteiger partial charge in [-0.1, -0.05) is 6.92 Å². The maximum atomic E-state index is 11.0. The molecule has 0 rings (SSSR count). The van der Waals surface area contributed by atoms with Crippen molar-refractivity contribution in [3.8, 4) is 0 Å². The quantitative estimate of drug-likeness (QED) is 0.511. The number of esters is 1. The van der Waals surface area contributed by atoms with E-state index in [1.54, 1.807) is 6.92 Å². The van der Waals surface area contributed by atoms with Gasteiger partial charge in [-0.2, -0.15) is 0 Å². The standard InChI is InChI=1S/C11H20O4/c1-8(4-5-12)6-10(13)7-9(2)11(14)15-3/h7-8,10,12-13H,4-6H2,1-3H3. The molecule has 0 aliphatic heterocycles. The molecule has 0 aromatic rings. The number of carbonyl (C=O) groups is 1. The fourth-order valence-electron chi connectivity index (χ4n) is 1.34. The highest BCUT2D eigenvalue weighted by atomic mass is 16.5. The summed E-state index contributed by atoms with van der Waals surface area (Å²) in [4.78, 5) is 11.0. The summed E-state index contributed by atoms with van der Waals surface area (Å²) < 4.78 is 4.51. The Bertz CT molecular complexity index is 223. The van der Waals surface area contributed by atoms with Crippen LogP contribution >= 0.6 is 0 Å². The van der Waals surface area contributed by atoms with Crippen molar-refractivity contribution in [3.05, 3.63) is 11.6 Å². The van der Waals surface area contributed by atoms with E-state index >= 15 is 0 Å². The summed E-state index contributed by atoms with van der Waals surface area (Å²) in [6.45, 7) is 3.67. The maximum Gasteiger partial charge on any atom is 0.333 e. The molecule has 0 spiro atoms. The summed E-state index contributed by atoms with van der Waals surface area (Å²) in [5.41, 5.74) is 0.404. The highest BCUT2D eigenvalue weighted by molar-refractivity contribution is 5.87. The van der Waals surface area contributed by atoms with E-state index in [0.29, 0.717) is 18.4 Å². The molecule has 15 heavy (non-hydrogen) atoms. The molecule has 0 bridgehead atoms. The first-order valence-corrected chi connectivity index (χ1v) is 5.07. The van der Waals surface area contributed by atoms with E-state index in [2.05, 4.69) is 4.74 Å². The van der Waals surface area contributed by atoms with E-state index in [9.17, 15) is 9.90 Å². The lowest BCUT2D eigenvalue weighted by atomic mass is 9.99. The molecule has 4 heteroatoms. The molecule has 0 saturated carbocycles. The highest BCUT2D eigenvalue weighted by Crippen LogP contribution is 2.12. The Kier molecular flexibility index (Phi) is 6.99. The van der Waals surface area contributed by atoms with Gasteiger partial charge in [0.15, 0.2) is 0 Å². The van der Waals surface area contributed by atoms with Crippen molar-refractivity contribution in [1.29, 1.82) is 0 Å². The molecule has 0 aliphatic rings. The van der Waals surface area contributed by atoms with E-state index in [1.807, 2.05) is 6.92 Å². The van der Waals surface area contributed by atoms with Gasteiger partial charge < -0.3 is 14.9 Å². The smallest absolute Gasteiger partial charge is 0.333 e. The van der Waals surface area contributed by atoms with Gasteiger partial charge in [0.05, 0.1) is 13.2 Å². The number of rotatable bonds is 6. The zero-order valence-corrected chi connectivity index (χ0v) is 9.56. The number of carbonyl (C=O) groups excluding carboxylic acids is 1. The van der Waals surface area contributed by atoms with Crippen molar-refractivity contribution in [2.75, 3.05) is 13.7 Å². The molecule has 0 heterocycles. The van der Waals surface area contributed by atoms with Crippen LogP contribution in [-0.4, -0.2) is 36.0 Å². The van der Waals surface area contributed by atoms with Crippen LogP contribution in [0.25, 0.3) is 0 Å². The van der Waals surface area contributed by atoms with E-state index in [0.717, 1.165) is 0 Å². The fourth-order valence-corrected chi connectivity index (χ4v) is 1.34. The van der Waals surface area contributed by atoms with Gasteiger partial charge in [-0.25, -0.2) is 4.79 Å². The molecule has 2 unspecified atom stereocenters. The van der Waals surface area contributed by atoms with Crippen LogP contribution in [0.5, 0.6) is 0 Å². The van der Waals surface area contributed by atoms with Crippen LogP contribution in [0.15, 0.2) is 11.6 Å². The minimum absolute atomic E-state index is 0.119. The Balaban J connectivity index is 4.11. The number of aliphatic hydroxyl groups is 2. The molecule has 0 amide bonds. The molecule has 88 valence electrons. The lowest BCUT2D eigenvalue weighted by Gasteiger charge is -2.12. The molecule has 2 N–H and O–H groups in total. The fraction of sp³-hybridized carbons (Fsp3) is 0.727. The topological polar surface area (TPSA) is 66.8 Å². The van der Waals surface area contributed by atoms with Gasteiger partial charge in [0.1, 0.15) is 0 Å². The van der Waals surface area contributed by atoms with Gasteiger partial charge in [0.25, 0.3) is 0 Å². The second kappa shape index (κ2) is 7.43. The molecular weight excluding hydrogens is 196 g/mol. The average Bonchev–Trinajstić information content (AvgIpc) is 2.16. The number of methoxy groups -OCH3 is 1. The van der Waals surface area contributed by atoms with Crippen LogP contribution in [0.2, 0.25) is 0 Å². The molecule has 0 aromatic heterocycles. The minimum Gasteiger partial charge on any atom is -0.466 e. The highest BCUT2D eigenvalue weighted by Gasteiger charge is 2.10. The van der Waals surface area contributed by atoms with Crippen molar-refractivity contribution in [2.24, 2.45) is 5.92 Å². The number of aliphatic hydroxyl groups excluding tert-OH is 2. The summed E-state index contributed by atoms with van der Waals surface area (Å²) in [7, 11) is 1.31. The largest absolute Gasteiger partial charge is 0.466 e. The molecule has 0 saturated heterocycles. The number of hydrogen-bond acceptors (Lipinski definition) is 4. The molecule has 0 fully saturated rings. The van der Waals surface area contributed by atoms with Crippen molar-refractivity contribution in [1.82, 2.24) is 0 Å². The van der Waals surface area contributed by atoms with Crippen molar-refractivity contribution < 1.29 is 19.7 Å². The number of ether oxygens (including phenoxy) is 1. The zero-order chi connectivity index (χ0) is 11.8. The first-order chi connectivity index (χ1) is 7.01. The maximum absolute atomic E-state index is 11.0. The third-order valence-electron chi connectivity index (χ3n) is 2.22. The second-order valence-corrected chi connectivity index (χ2v) is 3.76. The SMILES string of the molecule is COC(=O)C(C)=CC(O)CC(C)CCO. The summed E-state index contributed by atoms with van der Waals surface area (Å²) >= 11 is 0. The van der Waals surface area contributed by atoms with Crippen molar-refractivity contribution in [3.63, 3.8) is 0 Å². The summed E-state index contributed by atoms with van der Waals surface area (Å²) in [6.07, 6.45) is 2.02. The minimum atomic E-state index is -0.661. The Morgan fingerprint density at radius 3 is 2.60 bits per heavy atom. The van der Waals surface area contributed by atoms with Gasteiger partial charge in [0, 0.05) is 12.2 Å². The second-order valence-electron chi connectivity index (χ2n) is 3.76. The Labute approximate surface area is 90.6 Å². The average molecular weight is 216 g/mol. The molecule has 4 nitrogen and oxygen atoms in total. The molecular formula is C11H20O4. The Hall–Kier alpha value is -0.870. The third kappa shape index (κ3) is 6.25. The van der Waals surface area contributed by atoms with Crippen LogP contribution in [0.1, 0.15) is 26.7 Å². The first-order valence-electron chi connectivity index (χ1n) is 5.07. The third-order valence-corrected chi connectivity index (χ3v) is 2.22. The Morgan fingerprint density at radius 1 is 1.53 bits per heavy atom. The van der Waals surface area contributed by atoms with Gasteiger partial charge >= 0.3 is 5.97 Å². The van der Waals surface area contributed by atoms with Crippen molar-refractivity contribution in [2.45, 2.75) is 32.8 Å². The zero-order valence-electron chi connectivity index (χ0n) is 9.56. The predicted molar refractivity (Wildman–Crippen MR) is 57.3 cm³/mol. The first kappa shape index (κ1) is 14.1. The normalized spacial score (nSPS) is 15.9. The van der Waals surface area contributed by atoms with Crippen LogP contribution in [0, 0.1) is 5.92 Å². The summed E-state index contributed by atoms with van der Waals surface area (Å²) in [6, 6.07) is 0.